The molecule has 110 valence electrons. The monoisotopic (exact) mass is 309 g/mol. The van der Waals surface area contributed by atoms with Gasteiger partial charge in [-0.25, -0.2) is 9.80 Å². The Morgan fingerprint density at radius 1 is 1.14 bits per heavy atom. The Bertz CT molecular complexity index is 760. The molecule has 22 heavy (non-hydrogen) atoms. The van der Waals surface area contributed by atoms with Crippen LogP contribution < -0.4 is 5.73 Å². The molecule has 2 unspecified atom stereocenters. The normalized spacial score (nSPS) is 22.7. The van der Waals surface area contributed by atoms with Crippen molar-refractivity contribution in [2.45, 2.75) is 10.9 Å². The van der Waals surface area contributed by atoms with Crippen LogP contribution in [0.3, 0.4) is 0 Å². The van der Waals surface area contributed by atoms with E-state index in [1.807, 2.05) is 54.2 Å². The summed E-state index contributed by atoms with van der Waals surface area (Å²) in [5.41, 5.74) is 8.74. The standard InChI is InChI=1S/C17H15N3OS/c18-17(21)20-16(11-6-2-1-3-7-11)13-10-22-14-9-5-4-8-12(14)15(13)19-20/h1-9,13,16H,10H2,(H2,18,21). The zero-order valence-corrected chi connectivity index (χ0v) is 12.7. The summed E-state index contributed by atoms with van der Waals surface area (Å²) < 4.78 is 0. The average Bonchev–Trinajstić information content (AvgIpc) is 2.96. The molecule has 0 spiro atoms. The van der Waals surface area contributed by atoms with Gasteiger partial charge in [-0.3, -0.25) is 0 Å². The molecule has 2 aromatic rings. The van der Waals surface area contributed by atoms with Gasteiger partial charge in [0.15, 0.2) is 0 Å². The topological polar surface area (TPSA) is 58.7 Å². The first-order chi connectivity index (χ1) is 10.8. The van der Waals surface area contributed by atoms with Crippen LogP contribution in [0.5, 0.6) is 0 Å². The summed E-state index contributed by atoms with van der Waals surface area (Å²) in [6.07, 6.45) is 0. The minimum Gasteiger partial charge on any atom is -0.350 e. The number of carbonyl (C=O) groups excluding carboxylic acids is 1. The number of rotatable bonds is 1. The van der Waals surface area contributed by atoms with Crippen LogP contribution in [0.2, 0.25) is 0 Å². The number of urea groups is 1. The summed E-state index contributed by atoms with van der Waals surface area (Å²) in [6, 6.07) is 17.6. The second-order valence-electron chi connectivity index (χ2n) is 5.44. The van der Waals surface area contributed by atoms with Crippen LogP contribution >= 0.6 is 11.8 Å². The third-order valence-electron chi connectivity index (χ3n) is 4.16. The van der Waals surface area contributed by atoms with Crippen molar-refractivity contribution in [3.8, 4) is 0 Å². The van der Waals surface area contributed by atoms with Gasteiger partial charge in [0.2, 0.25) is 0 Å². The maximum absolute atomic E-state index is 11.9. The Hall–Kier alpha value is -2.27. The number of hydrogen-bond acceptors (Lipinski definition) is 3. The highest BCUT2D eigenvalue weighted by atomic mass is 32.2. The highest BCUT2D eigenvalue weighted by molar-refractivity contribution is 7.99. The summed E-state index contributed by atoms with van der Waals surface area (Å²) >= 11 is 1.82. The number of primary amides is 1. The predicted octanol–water partition coefficient (Wildman–Crippen LogP) is 3.25. The minimum atomic E-state index is -0.502. The molecule has 0 aliphatic carbocycles. The molecule has 0 radical (unpaired) electrons. The molecule has 0 fully saturated rings. The molecule has 2 aliphatic heterocycles. The Kier molecular flexibility index (Phi) is 3.15. The molecule has 4 rings (SSSR count). The van der Waals surface area contributed by atoms with Gasteiger partial charge in [-0.2, -0.15) is 5.10 Å². The van der Waals surface area contributed by atoms with E-state index < -0.39 is 6.03 Å². The van der Waals surface area contributed by atoms with E-state index in [2.05, 4.69) is 17.2 Å². The molecule has 2 heterocycles. The first-order valence-corrected chi connectivity index (χ1v) is 8.18. The summed E-state index contributed by atoms with van der Waals surface area (Å²) in [5, 5.41) is 6.01. The molecule has 0 aromatic heterocycles. The van der Waals surface area contributed by atoms with Crippen molar-refractivity contribution in [3.05, 3.63) is 65.7 Å². The number of hydrogen-bond donors (Lipinski definition) is 1. The SMILES string of the molecule is NC(=O)N1N=C2c3ccccc3SCC2C1c1ccccc1. The molecule has 2 amide bonds. The van der Waals surface area contributed by atoms with Gasteiger partial charge in [-0.15, -0.1) is 11.8 Å². The summed E-state index contributed by atoms with van der Waals surface area (Å²) in [7, 11) is 0. The number of nitrogens with two attached hydrogens (primary N) is 1. The fourth-order valence-electron chi connectivity index (χ4n) is 3.19. The highest BCUT2D eigenvalue weighted by Gasteiger charge is 2.43. The van der Waals surface area contributed by atoms with Crippen LogP contribution in [-0.2, 0) is 0 Å². The van der Waals surface area contributed by atoms with Crippen molar-refractivity contribution in [3.63, 3.8) is 0 Å². The molecule has 2 aromatic carbocycles. The number of thioether (sulfide) groups is 1. The zero-order valence-electron chi connectivity index (χ0n) is 11.8. The molecule has 0 saturated carbocycles. The maximum atomic E-state index is 11.9. The molecular formula is C17H15N3OS. The molecule has 5 heteroatoms. The predicted molar refractivity (Wildman–Crippen MR) is 87.8 cm³/mol. The van der Waals surface area contributed by atoms with Gasteiger partial charge in [0.25, 0.3) is 0 Å². The van der Waals surface area contributed by atoms with E-state index in [9.17, 15) is 4.79 Å². The first-order valence-electron chi connectivity index (χ1n) is 7.20. The first kappa shape index (κ1) is 13.4. The van der Waals surface area contributed by atoms with Crippen LogP contribution in [0.1, 0.15) is 17.2 Å². The minimum absolute atomic E-state index is 0.116. The Morgan fingerprint density at radius 2 is 1.86 bits per heavy atom. The number of amides is 2. The number of fused-ring (bicyclic) bond motifs is 3. The van der Waals surface area contributed by atoms with Gasteiger partial charge in [0.05, 0.1) is 11.8 Å². The van der Waals surface area contributed by atoms with Gasteiger partial charge in [-0.1, -0.05) is 48.5 Å². The molecule has 2 aliphatic rings. The van der Waals surface area contributed by atoms with Gasteiger partial charge < -0.3 is 5.73 Å². The van der Waals surface area contributed by atoms with Crippen molar-refractivity contribution in [1.82, 2.24) is 5.01 Å². The van der Waals surface area contributed by atoms with Crippen LogP contribution in [0.25, 0.3) is 0 Å². The van der Waals surface area contributed by atoms with E-state index in [1.165, 1.54) is 9.90 Å². The van der Waals surface area contributed by atoms with Crippen LogP contribution in [0, 0.1) is 5.92 Å². The number of carbonyl (C=O) groups is 1. The zero-order chi connectivity index (χ0) is 15.1. The molecule has 0 saturated heterocycles. The largest absolute Gasteiger partial charge is 0.350 e. The molecule has 2 atom stereocenters. The van der Waals surface area contributed by atoms with Crippen LogP contribution in [0.15, 0.2) is 64.6 Å². The van der Waals surface area contributed by atoms with Crippen LogP contribution in [-0.4, -0.2) is 22.5 Å². The lowest BCUT2D eigenvalue weighted by Gasteiger charge is -2.28. The molecule has 0 bridgehead atoms. The second-order valence-corrected chi connectivity index (χ2v) is 6.50. The number of benzene rings is 2. The van der Waals surface area contributed by atoms with Crippen molar-refractivity contribution in [2.24, 2.45) is 16.8 Å². The Balaban J connectivity index is 1.82. The molecular weight excluding hydrogens is 294 g/mol. The van der Waals surface area contributed by atoms with Crippen LogP contribution in [0.4, 0.5) is 4.79 Å². The lowest BCUT2D eigenvalue weighted by atomic mass is 9.88. The highest BCUT2D eigenvalue weighted by Crippen LogP contribution is 2.45. The quantitative estimate of drug-likeness (QED) is 0.879. The Labute approximate surface area is 133 Å². The maximum Gasteiger partial charge on any atom is 0.335 e. The molecule has 4 nitrogen and oxygen atoms in total. The van der Waals surface area contributed by atoms with Crippen molar-refractivity contribution in [1.29, 1.82) is 0 Å². The van der Waals surface area contributed by atoms with Gasteiger partial charge >= 0.3 is 6.03 Å². The fraction of sp³-hybridized carbons (Fsp3) is 0.176. The van der Waals surface area contributed by atoms with E-state index in [0.717, 1.165) is 22.6 Å². The third kappa shape index (κ3) is 2.01. The van der Waals surface area contributed by atoms with Gasteiger partial charge in [0, 0.05) is 22.1 Å². The number of nitrogens with zero attached hydrogens (tertiary/aromatic N) is 2. The summed E-state index contributed by atoms with van der Waals surface area (Å²) in [6.45, 7) is 0. The smallest absolute Gasteiger partial charge is 0.335 e. The van der Waals surface area contributed by atoms with Crippen molar-refractivity contribution < 1.29 is 4.79 Å². The van der Waals surface area contributed by atoms with Crippen molar-refractivity contribution in [2.75, 3.05) is 5.75 Å². The van der Waals surface area contributed by atoms with Gasteiger partial charge in [0.1, 0.15) is 0 Å². The fourth-order valence-corrected chi connectivity index (χ4v) is 4.39. The van der Waals surface area contributed by atoms with E-state index >= 15 is 0 Å². The number of hydrazone groups is 1. The lowest BCUT2D eigenvalue weighted by Crippen LogP contribution is -2.35. The third-order valence-corrected chi connectivity index (χ3v) is 5.35. The second kappa shape index (κ2) is 5.18. The van der Waals surface area contributed by atoms with Crippen molar-refractivity contribution >= 4 is 23.5 Å². The van der Waals surface area contributed by atoms with E-state index in [4.69, 9.17) is 5.73 Å². The summed E-state index contributed by atoms with van der Waals surface area (Å²) in [4.78, 5) is 13.1. The summed E-state index contributed by atoms with van der Waals surface area (Å²) in [5.74, 6) is 1.08. The Morgan fingerprint density at radius 3 is 2.64 bits per heavy atom. The van der Waals surface area contributed by atoms with Gasteiger partial charge in [-0.05, 0) is 11.6 Å². The lowest BCUT2D eigenvalue weighted by molar-refractivity contribution is 0.188. The van der Waals surface area contributed by atoms with E-state index in [0.29, 0.717) is 0 Å². The average molecular weight is 309 g/mol. The van der Waals surface area contributed by atoms with E-state index in [-0.39, 0.29) is 12.0 Å². The van der Waals surface area contributed by atoms with E-state index in [1.54, 1.807) is 0 Å². The molecule has 2 N–H and O–H groups in total.